The molecule has 0 aromatic rings. The molecule has 0 N–H and O–H groups in total. The summed E-state index contributed by atoms with van der Waals surface area (Å²) in [6, 6.07) is 0. The Bertz CT molecular complexity index is 159. The van der Waals surface area contributed by atoms with Crippen LogP contribution in [0.25, 0.3) is 0 Å². The van der Waals surface area contributed by atoms with Gasteiger partial charge in [0.25, 0.3) is 0 Å². The summed E-state index contributed by atoms with van der Waals surface area (Å²) >= 11 is 1.86. The molecule has 0 fully saturated rings. The molecule has 2 unspecified atom stereocenters. The van der Waals surface area contributed by atoms with E-state index in [2.05, 4.69) is 20.8 Å². The molecular weight excluding hydrogens is 196 g/mol. The lowest BCUT2D eigenvalue weighted by Gasteiger charge is -2.13. The van der Waals surface area contributed by atoms with Crippen LogP contribution in [0.4, 0.5) is 0 Å². The Hall–Kier alpha value is -0.180. The van der Waals surface area contributed by atoms with Crippen molar-refractivity contribution in [2.24, 2.45) is 5.92 Å². The Kier molecular flexibility index (Phi) is 8.05. The number of thioether (sulfide) groups is 1. The molecule has 0 rings (SSSR count). The SMILES string of the molecule is CCOC(=O)CC(C)SCC(C)CC. The van der Waals surface area contributed by atoms with Crippen LogP contribution in [-0.4, -0.2) is 23.6 Å². The molecular formula is C11H22O2S. The van der Waals surface area contributed by atoms with Crippen LogP contribution in [0, 0.1) is 5.92 Å². The standard InChI is InChI=1S/C11H22O2S/c1-5-9(3)8-14-10(4)7-11(12)13-6-2/h9-10H,5-8H2,1-4H3. The first kappa shape index (κ1) is 13.8. The lowest BCUT2D eigenvalue weighted by atomic mass is 10.2. The maximum absolute atomic E-state index is 11.1. The molecule has 0 aromatic heterocycles. The second kappa shape index (κ2) is 8.16. The highest BCUT2D eigenvalue weighted by atomic mass is 32.2. The molecule has 2 atom stereocenters. The zero-order valence-corrected chi connectivity index (χ0v) is 10.5. The number of ether oxygens (including phenoxy) is 1. The van der Waals surface area contributed by atoms with Crippen molar-refractivity contribution < 1.29 is 9.53 Å². The van der Waals surface area contributed by atoms with Crippen LogP contribution in [0.15, 0.2) is 0 Å². The van der Waals surface area contributed by atoms with Crippen molar-refractivity contribution in [1.29, 1.82) is 0 Å². The highest BCUT2D eigenvalue weighted by molar-refractivity contribution is 7.99. The van der Waals surface area contributed by atoms with Gasteiger partial charge in [-0.25, -0.2) is 0 Å². The largest absolute Gasteiger partial charge is 0.466 e. The number of hydrogen-bond acceptors (Lipinski definition) is 3. The Morgan fingerprint density at radius 3 is 2.50 bits per heavy atom. The number of esters is 1. The Labute approximate surface area is 91.8 Å². The molecule has 0 spiro atoms. The van der Waals surface area contributed by atoms with Gasteiger partial charge < -0.3 is 4.74 Å². The third-order valence-electron chi connectivity index (χ3n) is 2.12. The van der Waals surface area contributed by atoms with Crippen molar-refractivity contribution in [2.45, 2.75) is 45.8 Å². The zero-order chi connectivity index (χ0) is 11.0. The molecule has 0 aliphatic carbocycles. The predicted octanol–water partition coefficient (Wildman–Crippen LogP) is 3.11. The lowest BCUT2D eigenvalue weighted by Crippen LogP contribution is -2.12. The van der Waals surface area contributed by atoms with E-state index < -0.39 is 0 Å². The molecule has 0 bridgehead atoms. The summed E-state index contributed by atoms with van der Waals surface area (Å²) in [5, 5.41) is 0.378. The topological polar surface area (TPSA) is 26.3 Å². The van der Waals surface area contributed by atoms with Gasteiger partial charge in [0, 0.05) is 5.25 Å². The van der Waals surface area contributed by atoms with E-state index in [0.717, 1.165) is 11.7 Å². The van der Waals surface area contributed by atoms with Crippen LogP contribution < -0.4 is 0 Å². The summed E-state index contributed by atoms with van der Waals surface area (Å²) in [5.41, 5.74) is 0. The summed E-state index contributed by atoms with van der Waals surface area (Å²) in [5.74, 6) is 1.80. The molecule has 0 amide bonds. The van der Waals surface area contributed by atoms with E-state index in [1.165, 1.54) is 6.42 Å². The van der Waals surface area contributed by atoms with Gasteiger partial charge in [0.1, 0.15) is 0 Å². The molecule has 0 saturated heterocycles. The van der Waals surface area contributed by atoms with Gasteiger partial charge in [-0.05, 0) is 18.6 Å². The minimum atomic E-state index is -0.0725. The fraction of sp³-hybridized carbons (Fsp3) is 0.909. The van der Waals surface area contributed by atoms with Gasteiger partial charge in [0.2, 0.25) is 0 Å². The summed E-state index contributed by atoms with van der Waals surface area (Å²) in [6.07, 6.45) is 1.74. The third-order valence-corrected chi connectivity index (χ3v) is 3.62. The predicted molar refractivity (Wildman–Crippen MR) is 62.6 cm³/mol. The molecule has 3 heteroatoms. The molecule has 0 aliphatic heterocycles. The highest BCUT2D eigenvalue weighted by Gasteiger charge is 2.11. The van der Waals surface area contributed by atoms with Gasteiger partial charge in [0.05, 0.1) is 13.0 Å². The van der Waals surface area contributed by atoms with E-state index in [-0.39, 0.29) is 5.97 Å². The van der Waals surface area contributed by atoms with E-state index in [4.69, 9.17) is 4.74 Å². The summed E-state index contributed by atoms with van der Waals surface area (Å²) in [6.45, 7) is 8.85. The van der Waals surface area contributed by atoms with Crippen molar-refractivity contribution in [2.75, 3.05) is 12.4 Å². The number of hydrogen-bond donors (Lipinski definition) is 0. The second-order valence-corrected chi connectivity index (χ2v) is 5.14. The smallest absolute Gasteiger partial charge is 0.306 e. The fourth-order valence-electron chi connectivity index (χ4n) is 0.960. The van der Waals surface area contributed by atoms with Crippen LogP contribution in [0.5, 0.6) is 0 Å². The van der Waals surface area contributed by atoms with Crippen molar-refractivity contribution in [1.82, 2.24) is 0 Å². The van der Waals surface area contributed by atoms with Gasteiger partial charge >= 0.3 is 5.97 Å². The van der Waals surface area contributed by atoms with Gasteiger partial charge in [-0.2, -0.15) is 11.8 Å². The fourth-order valence-corrected chi connectivity index (χ4v) is 2.11. The average molecular weight is 218 g/mol. The van der Waals surface area contributed by atoms with E-state index in [0.29, 0.717) is 18.3 Å². The Balaban J connectivity index is 3.54. The Morgan fingerprint density at radius 2 is 2.00 bits per heavy atom. The van der Waals surface area contributed by atoms with Crippen LogP contribution in [0.1, 0.15) is 40.5 Å². The second-order valence-electron chi connectivity index (χ2n) is 3.67. The van der Waals surface area contributed by atoms with Gasteiger partial charge in [-0.15, -0.1) is 0 Å². The lowest BCUT2D eigenvalue weighted by molar-refractivity contribution is -0.142. The van der Waals surface area contributed by atoms with Crippen molar-refractivity contribution in [3.63, 3.8) is 0 Å². The number of carbonyl (C=O) groups excluding carboxylic acids is 1. The molecule has 0 saturated carbocycles. The molecule has 0 radical (unpaired) electrons. The normalized spacial score (nSPS) is 14.9. The molecule has 0 aromatic carbocycles. The molecule has 14 heavy (non-hydrogen) atoms. The van der Waals surface area contributed by atoms with E-state index in [1.807, 2.05) is 18.7 Å². The zero-order valence-electron chi connectivity index (χ0n) is 9.71. The molecule has 84 valence electrons. The Morgan fingerprint density at radius 1 is 1.36 bits per heavy atom. The van der Waals surface area contributed by atoms with Gasteiger partial charge in [-0.1, -0.05) is 27.2 Å². The van der Waals surface area contributed by atoms with E-state index in [9.17, 15) is 4.79 Å². The van der Waals surface area contributed by atoms with Crippen molar-refractivity contribution >= 4 is 17.7 Å². The van der Waals surface area contributed by atoms with E-state index in [1.54, 1.807) is 0 Å². The minimum absolute atomic E-state index is 0.0725. The maximum atomic E-state index is 11.1. The first-order chi connectivity index (χ1) is 6.60. The summed E-state index contributed by atoms with van der Waals surface area (Å²) < 4.78 is 4.89. The van der Waals surface area contributed by atoms with Gasteiger partial charge in [0.15, 0.2) is 0 Å². The molecule has 2 nitrogen and oxygen atoms in total. The van der Waals surface area contributed by atoms with Crippen molar-refractivity contribution in [3.05, 3.63) is 0 Å². The van der Waals surface area contributed by atoms with Crippen LogP contribution in [0.2, 0.25) is 0 Å². The number of rotatable bonds is 7. The first-order valence-corrected chi connectivity index (χ1v) is 6.42. The molecule has 0 aliphatic rings. The van der Waals surface area contributed by atoms with Crippen LogP contribution >= 0.6 is 11.8 Å². The first-order valence-electron chi connectivity index (χ1n) is 5.37. The van der Waals surface area contributed by atoms with Crippen LogP contribution in [0.3, 0.4) is 0 Å². The van der Waals surface area contributed by atoms with E-state index >= 15 is 0 Å². The van der Waals surface area contributed by atoms with Crippen molar-refractivity contribution in [3.8, 4) is 0 Å². The monoisotopic (exact) mass is 218 g/mol. The average Bonchev–Trinajstić information content (AvgIpc) is 2.14. The van der Waals surface area contributed by atoms with Gasteiger partial charge in [-0.3, -0.25) is 4.79 Å². The highest BCUT2D eigenvalue weighted by Crippen LogP contribution is 2.19. The summed E-state index contributed by atoms with van der Waals surface area (Å²) in [7, 11) is 0. The maximum Gasteiger partial charge on any atom is 0.306 e. The molecule has 0 heterocycles. The quantitative estimate of drug-likeness (QED) is 0.614. The minimum Gasteiger partial charge on any atom is -0.466 e. The van der Waals surface area contributed by atoms with Crippen LogP contribution in [-0.2, 0) is 9.53 Å². The third kappa shape index (κ3) is 7.25. The number of carbonyl (C=O) groups is 1. The summed E-state index contributed by atoms with van der Waals surface area (Å²) in [4.78, 5) is 11.1.